The van der Waals surface area contributed by atoms with Gasteiger partial charge in [0.15, 0.2) is 5.96 Å². The molecule has 1 aromatic heterocycles. The van der Waals surface area contributed by atoms with Crippen LogP contribution in [0.3, 0.4) is 0 Å². The van der Waals surface area contributed by atoms with Gasteiger partial charge in [0.25, 0.3) is 0 Å². The molecular formula is C21H31N3O4. The van der Waals surface area contributed by atoms with Crippen LogP contribution in [0.25, 0.3) is 0 Å². The lowest BCUT2D eigenvalue weighted by Crippen LogP contribution is -2.44. The number of aliphatic imine (C=N–C) groups is 1. The van der Waals surface area contributed by atoms with E-state index >= 15 is 0 Å². The van der Waals surface area contributed by atoms with E-state index in [1.165, 1.54) is 0 Å². The zero-order chi connectivity index (χ0) is 20.2. The molecule has 0 aliphatic heterocycles. The summed E-state index contributed by atoms with van der Waals surface area (Å²) in [5, 5.41) is 17.1. The summed E-state index contributed by atoms with van der Waals surface area (Å²) in [7, 11) is 1.65. The molecule has 0 radical (unpaired) electrons. The number of rotatable bonds is 11. The van der Waals surface area contributed by atoms with Gasteiger partial charge >= 0.3 is 0 Å². The molecule has 2 aromatic rings. The van der Waals surface area contributed by atoms with Crippen LogP contribution in [-0.2, 0) is 16.9 Å². The van der Waals surface area contributed by atoms with Crippen molar-refractivity contribution in [2.45, 2.75) is 32.4 Å². The van der Waals surface area contributed by atoms with E-state index in [1.54, 1.807) is 32.4 Å². The molecule has 1 heterocycles. The number of nitrogens with one attached hydrogen (secondary N) is 2. The second kappa shape index (κ2) is 11.4. The molecule has 7 heteroatoms. The highest BCUT2D eigenvalue weighted by molar-refractivity contribution is 5.79. The van der Waals surface area contributed by atoms with Gasteiger partial charge in [-0.15, -0.1) is 0 Å². The Bertz CT molecular complexity index is 697. The second-order valence-electron chi connectivity index (χ2n) is 6.59. The Hall–Kier alpha value is -2.51. The number of hydrogen-bond donors (Lipinski definition) is 3. The summed E-state index contributed by atoms with van der Waals surface area (Å²) in [5.41, 5.74) is -0.0776. The number of ether oxygens (including phenoxy) is 2. The Labute approximate surface area is 166 Å². The van der Waals surface area contributed by atoms with E-state index in [9.17, 15) is 5.11 Å². The first-order valence-corrected chi connectivity index (χ1v) is 9.54. The Morgan fingerprint density at radius 1 is 1.21 bits per heavy atom. The minimum absolute atomic E-state index is 0.264. The van der Waals surface area contributed by atoms with Crippen molar-refractivity contribution < 1.29 is 19.0 Å². The molecule has 1 aromatic carbocycles. The molecule has 0 fully saturated rings. The summed E-state index contributed by atoms with van der Waals surface area (Å²) in [6.07, 6.45) is 2.42. The van der Waals surface area contributed by atoms with E-state index < -0.39 is 5.60 Å². The number of benzene rings is 1. The van der Waals surface area contributed by atoms with Crippen molar-refractivity contribution in [3.8, 4) is 5.75 Å². The van der Waals surface area contributed by atoms with Crippen LogP contribution in [0.15, 0.2) is 52.1 Å². The van der Waals surface area contributed by atoms with Gasteiger partial charge in [0.05, 0.1) is 26.5 Å². The maximum Gasteiger partial charge on any atom is 0.191 e. The largest absolute Gasteiger partial charge is 0.497 e. The predicted octanol–water partition coefficient (Wildman–Crippen LogP) is 2.66. The third kappa shape index (κ3) is 7.25. The van der Waals surface area contributed by atoms with Crippen LogP contribution in [0.4, 0.5) is 0 Å². The van der Waals surface area contributed by atoms with Crippen molar-refractivity contribution in [2.75, 3.05) is 33.4 Å². The molecule has 3 N–H and O–H groups in total. The Morgan fingerprint density at radius 3 is 2.64 bits per heavy atom. The summed E-state index contributed by atoms with van der Waals surface area (Å²) < 4.78 is 15.9. The molecule has 2 rings (SSSR count). The van der Waals surface area contributed by atoms with Crippen LogP contribution in [0.5, 0.6) is 5.75 Å². The first-order chi connectivity index (χ1) is 13.5. The molecule has 0 spiro atoms. The zero-order valence-electron chi connectivity index (χ0n) is 16.9. The molecule has 1 unspecified atom stereocenters. The maximum absolute atomic E-state index is 10.6. The molecule has 0 aliphatic rings. The van der Waals surface area contributed by atoms with Crippen LogP contribution in [0.2, 0.25) is 0 Å². The lowest BCUT2D eigenvalue weighted by Gasteiger charge is -2.23. The summed E-state index contributed by atoms with van der Waals surface area (Å²) in [4.78, 5) is 4.62. The van der Waals surface area contributed by atoms with Crippen LogP contribution in [0.1, 0.15) is 31.6 Å². The predicted molar refractivity (Wildman–Crippen MR) is 110 cm³/mol. The summed E-state index contributed by atoms with van der Waals surface area (Å²) in [5.74, 6) is 1.94. The fraction of sp³-hybridized carbons (Fsp3) is 0.476. The molecule has 28 heavy (non-hydrogen) atoms. The molecule has 154 valence electrons. The van der Waals surface area contributed by atoms with Gasteiger partial charge in [-0.3, -0.25) is 0 Å². The molecule has 0 saturated heterocycles. The average Bonchev–Trinajstić information content (AvgIpc) is 3.25. The zero-order valence-corrected chi connectivity index (χ0v) is 16.9. The summed E-state index contributed by atoms with van der Waals surface area (Å²) in [6, 6.07) is 11.3. The third-order valence-electron chi connectivity index (χ3n) is 4.19. The number of furan rings is 1. The van der Waals surface area contributed by atoms with E-state index in [0.717, 1.165) is 24.3 Å². The Balaban J connectivity index is 1.96. The molecular weight excluding hydrogens is 358 g/mol. The highest BCUT2D eigenvalue weighted by Crippen LogP contribution is 2.19. The average molecular weight is 389 g/mol. The van der Waals surface area contributed by atoms with Crippen LogP contribution < -0.4 is 15.4 Å². The number of hydrogen-bond acceptors (Lipinski definition) is 5. The van der Waals surface area contributed by atoms with E-state index in [1.807, 2.05) is 31.2 Å². The van der Waals surface area contributed by atoms with Crippen LogP contribution in [-0.4, -0.2) is 44.5 Å². The molecule has 0 bridgehead atoms. The maximum atomic E-state index is 10.6. The lowest BCUT2D eigenvalue weighted by atomic mass is 10.0. The van der Waals surface area contributed by atoms with Crippen molar-refractivity contribution in [3.63, 3.8) is 0 Å². The number of aliphatic hydroxyl groups is 1. The van der Waals surface area contributed by atoms with Crippen molar-refractivity contribution >= 4 is 5.96 Å². The van der Waals surface area contributed by atoms with Gasteiger partial charge in [0, 0.05) is 19.8 Å². The first-order valence-electron chi connectivity index (χ1n) is 9.54. The fourth-order valence-corrected chi connectivity index (χ4v) is 2.53. The van der Waals surface area contributed by atoms with E-state index in [0.29, 0.717) is 31.5 Å². The fourth-order valence-electron chi connectivity index (χ4n) is 2.53. The summed E-state index contributed by atoms with van der Waals surface area (Å²) in [6.45, 7) is 6.58. The molecule has 0 aliphatic carbocycles. The van der Waals surface area contributed by atoms with Crippen molar-refractivity contribution in [1.29, 1.82) is 0 Å². The minimum atomic E-state index is -1.14. The normalized spacial score (nSPS) is 13.8. The second-order valence-corrected chi connectivity index (χ2v) is 6.59. The van der Waals surface area contributed by atoms with Crippen molar-refractivity contribution in [2.24, 2.45) is 4.99 Å². The highest BCUT2D eigenvalue weighted by atomic mass is 16.5. The third-order valence-corrected chi connectivity index (χ3v) is 4.19. The van der Waals surface area contributed by atoms with Gasteiger partial charge in [0.1, 0.15) is 17.1 Å². The van der Waals surface area contributed by atoms with Crippen LogP contribution >= 0.6 is 0 Å². The Kier molecular flexibility index (Phi) is 8.84. The molecule has 0 amide bonds. The number of guanidine groups is 1. The van der Waals surface area contributed by atoms with E-state index in [-0.39, 0.29) is 6.54 Å². The van der Waals surface area contributed by atoms with Gasteiger partial charge < -0.3 is 29.6 Å². The monoisotopic (exact) mass is 389 g/mol. The minimum Gasteiger partial charge on any atom is -0.497 e. The SMILES string of the molecule is CCOCCCNC(=NCc1ccc(OC)cc1)NCC(C)(O)c1ccco1. The van der Waals surface area contributed by atoms with E-state index in [4.69, 9.17) is 13.9 Å². The van der Waals surface area contributed by atoms with Gasteiger partial charge in [0.2, 0.25) is 0 Å². The number of methoxy groups -OCH3 is 1. The smallest absolute Gasteiger partial charge is 0.191 e. The molecule has 0 saturated carbocycles. The van der Waals surface area contributed by atoms with Crippen molar-refractivity contribution in [1.82, 2.24) is 10.6 Å². The molecule has 1 atom stereocenters. The van der Waals surface area contributed by atoms with E-state index in [2.05, 4.69) is 15.6 Å². The quantitative estimate of drug-likeness (QED) is 0.311. The Morgan fingerprint density at radius 2 is 2.00 bits per heavy atom. The summed E-state index contributed by atoms with van der Waals surface area (Å²) >= 11 is 0. The first kappa shape index (κ1) is 21.8. The van der Waals surface area contributed by atoms with Crippen molar-refractivity contribution in [3.05, 3.63) is 54.0 Å². The highest BCUT2D eigenvalue weighted by Gasteiger charge is 2.26. The van der Waals surface area contributed by atoms with Crippen LogP contribution in [0, 0.1) is 0 Å². The van der Waals surface area contributed by atoms with Gasteiger partial charge in [-0.1, -0.05) is 12.1 Å². The topological polar surface area (TPSA) is 88.2 Å². The van der Waals surface area contributed by atoms with Gasteiger partial charge in [-0.05, 0) is 50.1 Å². The molecule has 7 nitrogen and oxygen atoms in total. The van der Waals surface area contributed by atoms with Gasteiger partial charge in [-0.2, -0.15) is 0 Å². The number of nitrogens with zero attached hydrogens (tertiary/aromatic N) is 1. The standard InChI is InChI=1S/C21H31N3O4/c1-4-27-13-6-12-22-20(23-15-17-8-10-18(26-3)11-9-17)24-16-21(2,25)19-7-5-14-28-19/h5,7-11,14,25H,4,6,12-13,15-16H2,1-3H3,(H2,22,23,24). The van der Waals surface area contributed by atoms with Gasteiger partial charge in [-0.25, -0.2) is 4.99 Å². The lowest BCUT2D eigenvalue weighted by molar-refractivity contribution is 0.0385.